The highest BCUT2D eigenvalue weighted by Gasteiger charge is 2.33. The second-order valence-corrected chi connectivity index (χ2v) is 7.88. The van der Waals surface area contributed by atoms with Crippen LogP contribution in [0.25, 0.3) is 10.8 Å². The molecule has 1 amide bonds. The SMILES string of the molecule is COc1ccc(C(=O)Nc2ccc(Cl)c(C(F)(F)F)c2)cc1COc1ccc2ccccc2c1. The first-order valence-corrected chi connectivity index (χ1v) is 10.6. The summed E-state index contributed by atoms with van der Waals surface area (Å²) >= 11 is 5.65. The molecule has 0 aliphatic carbocycles. The summed E-state index contributed by atoms with van der Waals surface area (Å²) in [6.45, 7) is 0.127. The third kappa shape index (κ3) is 5.26. The van der Waals surface area contributed by atoms with Gasteiger partial charge in [-0.3, -0.25) is 4.79 Å². The number of fused-ring (bicyclic) bond motifs is 1. The van der Waals surface area contributed by atoms with Gasteiger partial charge in [-0.2, -0.15) is 13.2 Å². The lowest BCUT2D eigenvalue weighted by Gasteiger charge is -2.14. The van der Waals surface area contributed by atoms with Gasteiger partial charge in [0.25, 0.3) is 5.91 Å². The van der Waals surface area contributed by atoms with Crippen molar-refractivity contribution in [2.75, 3.05) is 12.4 Å². The van der Waals surface area contributed by atoms with E-state index in [1.807, 2.05) is 42.5 Å². The maximum Gasteiger partial charge on any atom is 0.417 e. The highest BCUT2D eigenvalue weighted by molar-refractivity contribution is 6.31. The molecule has 0 unspecified atom stereocenters. The number of hydrogen-bond donors (Lipinski definition) is 1. The molecule has 0 radical (unpaired) electrons. The van der Waals surface area contributed by atoms with Gasteiger partial charge in [0.2, 0.25) is 0 Å². The molecule has 0 atom stereocenters. The topological polar surface area (TPSA) is 47.6 Å². The first-order chi connectivity index (χ1) is 16.2. The molecule has 0 aliphatic heterocycles. The van der Waals surface area contributed by atoms with Gasteiger partial charge in [0.1, 0.15) is 18.1 Å². The van der Waals surface area contributed by atoms with Gasteiger partial charge in [-0.05, 0) is 59.3 Å². The number of alkyl halides is 3. The fourth-order valence-corrected chi connectivity index (χ4v) is 3.70. The van der Waals surface area contributed by atoms with Crippen molar-refractivity contribution in [2.24, 2.45) is 0 Å². The van der Waals surface area contributed by atoms with Gasteiger partial charge in [0.05, 0.1) is 17.7 Å². The summed E-state index contributed by atoms with van der Waals surface area (Å²) in [5.41, 5.74) is -0.200. The van der Waals surface area contributed by atoms with Crippen molar-refractivity contribution in [3.05, 3.63) is 101 Å². The molecule has 0 fully saturated rings. The minimum Gasteiger partial charge on any atom is -0.496 e. The Hall–Kier alpha value is -3.71. The molecule has 0 aromatic heterocycles. The number of hydrogen-bond acceptors (Lipinski definition) is 3. The molecule has 1 N–H and O–H groups in total. The van der Waals surface area contributed by atoms with E-state index < -0.39 is 22.7 Å². The van der Waals surface area contributed by atoms with E-state index in [0.29, 0.717) is 17.1 Å². The van der Waals surface area contributed by atoms with E-state index in [0.717, 1.165) is 22.9 Å². The molecule has 0 heterocycles. The Balaban J connectivity index is 1.53. The van der Waals surface area contributed by atoms with Gasteiger partial charge in [-0.25, -0.2) is 0 Å². The highest BCUT2D eigenvalue weighted by atomic mass is 35.5. The van der Waals surface area contributed by atoms with E-state index in [2.05, 4.69) is 5.32 Å². The normalized spacial score (nSPS) is 11.3. The predicted molar refractivity (Wildman–Crippen MR) is 126 cm³/mol. The number of benzene rings is 4. The van der Waals surface area contributed by atoms with Crippen molar-refractivity contribution in [2.45, 2.75) is 12.8 Å². The van der Waals surface area contributed by atoms with E-state index in [1.54, 1.807) is 12.1 Å². The number of carbonyl (C=O) groups excluding carboxylic acids is 1. The molecule has 174 valence electrons. The van der Waals surface area contributed by atoms with Crippen LogP contribution >= 0.6 is 11.6 Å². The number of ether oxygens (including phenoxy) is 2. The molecule has 34 heavy (non-hydrogen) atoms. The Kier molecular flexibility index (Phi) is 6.65. The lowest BCUT2D eigenvalue weighted by Crippen LogP contribution is -2.14. The van der Waals surface area contributed by atoms with Crippen molar-refractivity contribution in [3.8, 4) is 11.5 Å². The van der Waals surface area contributed by atoms with Crippen LogP contribution in [0.4, 0.5) is 18.9 Å². The summed E-state index contributed by atoms with van der Waals surface area (Å²) in [6, 6.07) is 21.5. The molecule has 4 nitrogen and oxygen atoms in total. The fraction of sp³-hybridized carbons (Fsp3) is 0.115. The lowest BCUT2D eigenvalue weighted by molar-refractivity contribution is -0.137. The Morgan fingerprint density at radius 1 is 0.941 bits per heavy atom. The van der Waals surface area contributed by atoms with Crippen LogP contribution in [-0.2, 0) is 12.8 Å². The molecular formula is C26H19ClF3NO3. The van der Waals surface area contributed by atoms with Gasteiger partial charge in [0, 0.05) is 16.8 Å². The second kappa shape index (κ2) is 9.65. The van der Waals surface area contributed by atoms with Crippen LogP contribution in [0, 0.1) is 0 Å². The Bertz CT molecular complexity index is 1350. The van der Waals surface area contributed by atoms with Crippen molar-refractivity contribution < 1.29 is 27.4 Å². The van der Waals surface area contributed by atoms with E-state index in [-0.39, 0.29) is 17.9 Å². The summed E-state index contributed by atoms with van der Waals surface area (Å²) < 4.78 is 50.6. The average molecular weight is 486 g/mol. The standard InChI is InChI=1S/C26H19ClF3NO3/c1-33-24-11-7-18(25(32)31-20-8-10-23(27)22(14-20)26(28,29)30)12-19(24)15-34-21-9-6-16-4-2-3-5-17(16)13-21/h2-14H,15H2,1H3,(H,31,32). The van der Waals surface area contributed by atoms with Crippen molar-refractivity contribution in [1.82, 2.24) is 0 Å². The van der Waals surface area contributed by atoms with Crippen LogP contribution in [0.15, 0.2) is 78.9 Å². The number of methoxy groups -OCH3 is 1. The molecule has 0 aliphatic rings. The minimum atomic E-state index is -4.63. The zero-order valence-corrected chi connectivity index (χ0v) is 18.7. The first-order valence-electron chi connectivity index (χ1n) is 10.2. The minimum absolute atomic E-state index is 0.0218. The molecule has 4 aromatic carbocycles. The fourth-order valence-electron chi connectivity index (χ4n) is 3.47. The van der Waals surface area contributed by atoms with Crippen LogP contribution in [0.5, 0.6) is 11.5 Å². The van der Waals surface area contributed by atoms with E-state index in [4.69, 9.17) is 21.1 Å². The number of amides is 1. The summed E-state index contributed by atoms with van der Waals surface area (Å²) in [4.78, 5) is 12.7. The zero-order valence-electron chi connectivity index (χ0n) is 17.9. The molecule has 4 rings (SSSR count). The predicted octanol–water partition coefficient (Wildman–Crippen LogP) is 7.35. The number of anilines is 1. The summed E-state index contributed by atoms with van der Waals surface area (Å²) in [5.74, 6) is 0.588. The number of halogens is 4. The average Bonchev–Trinajstić information content (AvgIpc) is 2.82. The van der Waals surface area contributed by atoms with Gasteiger partial charge in [-0.15, -0.1) is 0 Å². The number of rotatable bonds is 6. The van der Waals surface area contributed by atoms with Crippen LogP contribution in [0.1, 0.15) is 21.5 Å². The molecule has 0 saturated heterocycles. The molecule has 0 saturated carbocycles. The lowest BCUT2D eigenvalue weighted by atomic mass is 10.1. The largest absolute Gasteiger partial charge is 0.496 e. The molecular weight excluding hydrogens is 467 g/mol. The second-order valence-electron chi connectivity index (χ2n) is 7.47. The Morgan fingerprint density at radius 3 is 2.44 bits per heavy atom. The molecule has 0 bridgehead atoms. The van der Waals surface area contributed by atoms with Crippen LogP contribution < -0.4 is 14.8 Å². The third-order valence-electron chi connectivity index (χ3n) is 5.19. The number of nitrogens with one attached hydrogen (secondary N) is 1. The third-order valence-corrected chi connectivity index (χ3v) is 5.52. The van der Waals surface area contributed by atoms with Gasteiger partial charge in [0.15, 0.2) is 0 Å². The van der Waals surface area contributed by atoms with Gasteiger partial charge < -0.3 is 14.8 Å². The van der Waals surface area contributed by atoms with Crippen LogP contribution in [0.2, 0.25) is 5.02 Å². The van der Waals surface area contributed by atoms with Gasteiger partial charge in [-0.1, -0.05) is 41.9 Å². The van der Waals surface area contributed by atoms with Crippen molar-refractivity contribution >= 4 is 34.0 Å². The quantitative estimate of drug-likeness (QED) is 0.310. The van der Waals surface area contributed by atoms with Crippen LogP contribution in [-0.4, -0.2) is 13.0 Å². The first kappa shape index (κ1) is 23.4. The summed E-state index contributed by atoms with van der Waals surface area (Å²) in [7, 11) is 1.50. The van der Waals surface area contributed by atoms with E-state index >= 15 is 0 Å². The maximum absolute atomic E-state index is 13.1. The number of carbonyl (C=O) groups is 1. The zero-order chi connectivity index (χ0) is 24.3. The maximum atomic E-state index is 13.1. The summed E-state index contributed by atoms with van der Waals surface area (Å²) in [6.07, 6.45) is -4.63. The van der Waals surface area contributed by atoms with Crippen molar-refractivity contribution in [3.63, 3.8) is 0 Å². The monoisotopic (exact) mass is 485 g/mol. The van der Waals surface area contributed by atoms with Crippen LogP contribution in [0.3, 0.4) is 0 Å². The molecule has 4 aromatic rings. The van der Waals surface area contributed by atoms with E-state index in [9.17, 15) is 18.0 Å². The van der Waals surface area contributed by atoms with Gasteiger partial charge >= 0.3 is 6.18 Å². The smallest absolute Gasteiger partial charge is 0.417 e. The highest BCUT2D eigenvalue weighted by Crippen LogP contribution is 2.36. The Labute approximate surface area is 198 Å². The molecule has 8 heteroatoms. The van der Waals surface area contributed by atoms with Crippen molar-refractivity contribution in [1.29, 1.82) is 0 Å². The molecule has 0 spiro atoms. The van der Waals surface area contributed by atoms with E-state index in [1.165, 1.54) is 19.2 Å². The summed E-state index contributed by atoms with van der Waals surface area (Å²) in [5, 5.41) is 4.15. The Morgan fingerprint density at radius 2 is 1.71 bits per heavy atom.